The van der Waals surface area contributed by atoms with Crippen LogP contribution >= 0.6 is 0 Å². The number of guanidine groups is 1. The molecule has 0 bridgehead atoms. The smallest absolute Gasteiger partial charge is 0.356 e. The van der Waals surface area contributed by atoms with Gasteiger partial charge in [0.1, 0.15) is 0 Å². The number of sulfonamides is 1. The van der Waals surface area contributed by atoms with Gasteiger partial charge in [0.2, 0.25) is 0 Å². The lowest BCUT2D eigenvalue weighted by Gasteiger charge is -2.32. The second-order valence-corrected chi connectivity index (χ2v) is 9.43. The number of alkyl halides is 3. The average molecular weight is 414 g/mol. The zero-order valence-electron chi connectivity index (χ0n) is 16.1. The molecule has 0 aromatic heterocycles. The Morgan fingerprint density at radius 2 is 1.78 bits per heavy atom. The highest BCUT2D eigenvalue weighted by Crippen LogP contribution is 2.34. The molecule has 0 aromatic rings. The predicted octanol–water partition coefficient (Wildman–Crippen LogP) is 1.05. The first-order valence-corrected chi connectivity index (χ1v) is 10.7. The minimum Gasteiger partial charge on any atom is -0.356 e. The van der Waals surface area contributed by atoms with Crippen molar-refractivity contribution in [2.24, 2.45) is 16.8 Å². The fraction of sp³-hybridized carbons (Fsp3) is 0.938. The number of piperidine rings is 1. The van der Waals surface area contributed by atoms with E-state index >= 15 is 0 Å². The van der Waals surface area contributed by atoms with Crippen molar-refractivity contribution in [3.8, 4) is 0 Å². The Kier molecular flexibility index (Phi) is 7.37. The second-order valence-electron chi connectivity index (χ2n) is 7.50. The molecule has 0 radical (unpaired) electrons. The number of hydrogen-bond donors (Lipinski definition) is 2. The van der Waals surface area contributed by atoms with Crippen molar-refractivity contribution in [2.45, 2.75) is 37.2 Å². The number of aliphatic imine (C=N–C) groups is 1. The first-order chi connectivity index (χ1) is 12.6. The van der Waals surface area contributed by atoms with Crippen LogP contribution in [0.4, 0.5) is 13.2 Å². The van der Waals surface area contributed by atoms with Crippen LogP contribution in [0.3, 0.4) is 0 Å². The molecule has 1 saturated carbocycles. The summed E-state index contributed by atoms with van der Waals surface area (Å²) in [6.07, 6.45) is 3.27. The maximum Gasteiger partial charge on any atom is 0.511 e. The van der Waals surface area contributed by atoms with Gasteiger partial charge in [0, 0.05) is 39.3 Å². The summed E-state index contributed by atoms with van der Waals surface area (Å²) in [4.78, 5) is 6.39. The van der Waals surface area contributed by atoms with Crippen LogP contribution in [0.25, 0.3) is 0 Å². The number of hydrogen-bond acceptors (Lipinski definition) is 4. The quantitative estimate of drug-likeness (QED) is 0.482. The fourth-order valence-electron chi connectivity index (χ4n) is 3.41. The molecule has 2 N–H and O–H groups in total. The van der Waals surface area contributed by atoms with Gasteiger partial charge in [0.25, 0.3) is 0 Å². The molecule has 1 saturated heterocycles. The Morgan fingerprint density at radius 3 is 2.22 bits per heavy atom. The zero-order valence-corrected chi connectivity index (χ0v) is 16.9. The Hall–Kier alpha value is -1.07. The van der Waals surface area contributed by atoms with E-state index in [2.05, 4.69) is 34.6 Å². The highest BCUT2D eigenvalue weighted by atomic mass is 32.2. The maximum atomic E-state index is 12.6. The van der Waals surface area contributed by atoms with Crippen molar-refractivity contribution in [3.05, 3.63) is 0 Å². The van der Waals surface area contributed by atoms with E-state index in [1.54, 1.807) is 7.05 Å². The third kappa shape index (κ3) is 5.95. The Labute approximate surface area is 159 Å². The molecule has 7 nitrogen and oxygen atoms in total. The lowest BCUT2D eigenvalue weighted by atomic mass is 9.98. The van der Waals surface area contributed by atoms with Crippen molar-refractivity contribution in [1.29, 1.82) is 0 Å². The van der Waals surface area contributed by atoms with Crippen LogP contribution in [0.1, 0.15) is 25.7 Å². The summed E-state index contributed by atoms with van der Waals surface area (Å²) < 4.78 is 61.3. The zero-order chi connectivity index (χ0) is 20.2. The molecule has 0 amide bonds. The molecule has 2 aliphatic rings. The van der Waals surface area contributed by atoms with Crippen LogP contribution < -0.4 is 10.6 Å². The standard InChI is InChI=1S/C16H30F3N5O2S/c1-20-15(22-11-14(23(2)3)13-4-5-13)21-10-12-6-8-24(9-7-12)27(25,26)16(17,18)19/h12-14H,4-11H2,1-3H3,(H2,20,21,22). The van der Waals surface area contributed by atoms with Gasteiger partial charge in [-0.15, -0.1) is 0 Å². The minimum atomic E-state index is -5.23. The van der Waals surface area contributed by atoms with Gasteiger partial charge in [-0.05, 0) is 51.6 Å². The number of halogens is 3. The monoisotopic (exact) mass is 413 g/mol. The number of likely N-dealkylation sites (N-methyl/N-ethyl adjacent to an activating group) is 1. The van der Waals surface area contributed by atoms with E-state index < -0.39 is 15.5 Å². The number of nitrogens with zero attached hydrogens (tertiary/aromatic N) is 3. The molecule has 158 valence electrons. The molecule has 1 aliphatic heterocycles. The summed E-state index contributed by atoms with van der Waals surface area (Å²) in [5.41, 5.74) is -5.23. The maximum absolute atomic E-state index is 12.6. The highest BCUT2D eigenvalue weighted by Gasteiger charge is 2.50. The van der Waals surface area contributed by atoms with Crippen LogP contribution in [0, 0.1) is 11.8 Å². The second kappa shape index (κ2) is 8.95. The normalized spacial score (nSPS) is 22.1. The van der Waals surface area contributed by atoms with Gasteiger partial charge in [-0.1, -0.05) is 0 Å². The topological polar surface area (TPSA) is 77.0 Å². The Balaban J connectivity index is 1.75. The van der Waals surface area contributed by atoms with E-state index in [0.717, 1.165) is 6.54 Å². The van der Waals surface area contributed by atoms with Crippen molar-refractivity contribution < 1.29 is 21.6 Å². The molecule has 1 heterocycles. The van der Waals surface area contributed by atoms with Crippen LogP contribution in [0.2, 0.25) is 0 Å². The van der Waals surface area contributed by atoms with E-state index in [1.807, 2.05) is 0 Å². The van der Waals surface area contributed by atoms with Crippen molar-refractivity contribution >= 4 is 16.0 Å². The molecule has 1 unspecified atom stereocenters. The molecule has 0 spiro atoms. The van der Waals surface area contributed by atoms with E-state index in [-0.39, 0.29) is 19.0 Å². The van der Waals surface area contributed by atoms with Gasteiger partial charge in [-0.2, -0.15) is 17.5 Å². The van der Waals surface area contributed by atoms with E-state index in [9.17, 15) is 21.6 Å². The van der Waals surface area contributed by atoms with Crippen LogP contribution in [-0.2, 0) is 10.0 Å². The average Bonchev–Trinajstić information content (AvgIpc) is 3.42. The summed E-state index contributed by atoms with van der Waals surface area (Å²) in [7, 11) is 0.579. The van der Waals surface area contributed by atoms with Gasteiger partial charge in [-0.3, -0.25) is 4.99 Å². The van der Waals surface area contributed by atoms with Crippen LogP contribution in [-0.4, -0.2) is 82.5 Å². The first-order valence-electron chi connectivity index (χ1n) is 9.23. The van der Waals surface area contributed by atoms with E-state index in [1.165, 1.54) is 12.8 Å². The third-order valence-corrected chi connectivity index (χ3v) is 6.93. The SMILES string of the molecule is CN=C(NCC1CCN(S(=O)(=O)C(F)(F)F)CC1)NCC(C1CC1)N(C)C. The van der Waals surface area contributed by atoms with Crippen molar-refractivity contribution in [2.75, 3.05) is 47.3 Å². The largest absolute Gasteiger partial charge is 0.511 e. The molecule has 11 heteroatoms. The molecular formula is C16H30F3N5O2S. The molecule has 0 aromatic carbocycles. The summed E-state index contributed by atoms with van der Waals surface area (Å²) in [6, 6.07) is 0.444. The van der Waals surface area contributed by atoms with Crippen LogP contribution in [0.5, 0.6) is 0 Å². The third-order valence-electron chi connectivity index (χ3n) is 5.30. The highest BCUT2D eigenvalue weighted by molar-refractivity contribution is 7.90. The van der Waals surface area contributed by atoms with Crippen molar-refractivity contribution in [3.63, 3.8) is 0 Å². The van der Waals surface area contributed by atoms with E-state index in [4.69, 9.17) is 0 Å². The lowest BCUT2D eigenvalue weighted by Crippen LogP contribution is -2.49. The van der Waals surface area contributed by atoms with Gasteiger partial charge >= 0.3 is 15.5 Å². The van der Waals surface area contributed by atoms with Crippen molar-refractivity contribution in [1.82, 2.24) is 19.8 Å². The molecule has 1 atom stereocenters. The van der Waals surface area contributed by atoms with Crippen LogP contribution in [0.15, 0.2) is 4.99 Å². The molecular weight excluding hydrogens is 383 g/mol. The molecule has 2 rings (SSSR count). The predicted molar refractivity (Wildman–Crippen MR) is 98.8 cm³/mol. The lowest BCUT2D eigenvalue weighted by molar-refractivity contribution is -0.0496. The fourth-order valence-corrected chi connectivity index (χ4v) is 4.40. The van der Waals surface area contributed by atoms with E-state index in [0.29, 0.717) is 41.6 Å². The molecule has 2 fully saturated rings. The van der Waals surface area contributed by atoms with Gasteiger partial charge in [0.15, 0.2) is 5.96 Å². The number of rotatable bonds is 7. The van der Waals surface area contributed by atoms with Gasteiger partial charge in [0.05, 0.1) is 0 Å². The van der Waals surface area contributed by atoms with Gasteiger partial charge in [-0.25, -0.2) is 8.42 Å². The Bertz CT molecular complexity index is 610. The molecule has 1 aliphatic carbocycles. The Morgan fingerprint density at radius 1 is 1.19 bits per heavy atom. The molecule has 27 heavy (non-hydrogen) atoms. The summed E-state index contributed by atoms with van der Waals surface area (Å²) in [5, 5.41) is 6.51. The summed E-state index contributed by atoms with van der Waals surface area (Å²) in [5.74, 6) is 1.48. The minimum absolute atomic E-state index is 0.107. The number of nitrogens with one attached hydrogen (secondary N) is 2. The van der Waals surface area contributed by atoms with Gasteiger partial charge < -0.3 is 15.5 Å². The first kappa shape index (κ1) is 22.2. The summed E-state index contributed by atoms with van der Waals surface area (Å²) in [6.45, 7) is 1.12. The summed E-state index contributed by atoms with van der Waals surface area (Å²) >= 11 is 0.